The molecule has 0 radical (unpaired) electrons. The smallest absolute Gasteiger partial charge is 0.243 e. The standard InChI is InChI=1S/C13H21N3O3S/c14-13-10-12(6-7-15-13)20(18,19)16(8-9-17)11-4-2-1-3-5-11/h6-7,10-11,17H,1-5,8-9H2,(H2,14,15). The average Bonchev–Trinajstić information content (AvgIpc) is 2.45. The van der Waals surface area contributed by atoms with Gasteiger partial charge >= 0.3 is 0 Å². The Morgan fingerprint density at radius 3 is 2.65 bits per heavy atom. The maximum absolute atomic E-state index is 12.7. The predicted octanol–water partition coefficient (Wildman–Crippen LogP) is 0.979. The van der Waals surface area contributed by atoms with Gasteiger partial charge in [0.05, 0.1) is 11.5 Å². The zero-order valence-electron chi connectivity index (χ0n) is 11.4. The van der Waals surface area contributed by atoms with E-state index in [1.807, 2.05) is 0 Å². The van der Waals surface area contributed by atoms with Gasteiger partial charge in [0.25, 0.3) is 0 Å². The Morgan fingerprint density at radius 2 is 2.05 bits per heavy atom. The fraction of sp³-hybridized carbons (Fsp3) is 0.615. The molecule has 1 aromatic rings. The number of aliphatic hydroxyl groups is 1. The third-order valence-corrected chi connectivity index (χ3v) is 5.61. The van der Waals surface area contributed by atoms with Crippen LogP contribution in [0.15, 0.2) is 23.2 Å². The van der Waals surface area contributed by atoms with Crippen molar-refractivity contribution in [1.82, 2.24) is 9.29 Å². The molecule has 0 saturated heterocycles. The number of sulfonamides is 1. The Hall–Kier alpha value is -1.18. The second kappa shape index (κ2) is 6.51. The Kier molecular flexibility index (Phi) is 4.95. The lowest BCUT2D eigenvalue weighted by Gasteiger charge is -2.33. The predicted molar refractivity (Wildman–Crippen MR) is 76.5 cm³/mol. The van der Waals surface area contributed by atoms with E-state index in [9.17, 15) is 13.5 Å². The summed E-state index contributed by atoms with van der Waals surface area (Å²) in [4.78, 5) is 3.96. The van der Waals surface area contributed by atoms with Crippen LogP contribution in [0.3, 0.4) is 0 Å². The molecule has 1 saturated carbocycles. The summed E-state index contributed by atoms with van der Waals surface area (Å²) >= 11 is 0. The van der Waals surface area contributed by atoms with Crippen molar-refractivity contribution < 1.29 is 13.5 Å². The normalized spacial score (nSPS) is 17.5. The summed E-state index contributed by atoms with van der Waals surface area (Å²) < 4.78 is 26.8. The van der Waals surface area contributed by atoms with Crippen LogP contribution in [-0.2, 0) is 10.0 Å². The monoisotopic (exact) mass is 299 g/mol. The summed E-state index contributed by atoms with van der Waals surface area (Å²) in [6, 6.07) is 2.77. The van der Waals surface area contributed by atoms with E-state index in [-0.39, 0.29) is 29.9 Å². The highest BCUT2D eigenvalue weighted by molar-refractivity contribution is 7.89. The highest BCUT2D eigenvalue weighted by atomic mass is 32.2. The zero-order chi connectivity index (χ0) is 14.6. The van der Waals surface area contributed by atoms with Gasteiger partial charge in [0.1, 0.15) is 5.82 Å². The number of nitrogens with zero attached hydrogens (tertiary/aromatic N) is 2. The molecule has 1 aromatic heterocycles. The lowest BCUT2D eigenvalue weighted by Crippen LogP contribution is -2.43. The zero-order valence-corrected chi connectivity index (χ0v) is 12.2. The molecule has 0 amide bonds. The lowest BCUT2D eigenvalue weighted by molar-refractivity contribution is 0.199. The third-order valence-electron chi connectivity index (χ3n) is 3.66. The van der Waals surface area contributed by atoms with Gasteiger partial charge in [-0.2, -0.15) is 4.31 Å². The molecule has 0 bridgehead atoms. The molecule has 1 aliphatic carbocycles. The summed E-state index contributed by atoms with van der Waals surface area (Å²) in [5.41, 5.74) is 5.56. The van der Waals surface area contributed by atoms with Crippen LogP contribution in [0.5, 0.6) is 0 Å². The molecule has 1 aliphatic rings. The number of aliphatic hydroxyl groups excluding tert-OH is 1. The second-order valence-corrected chi connectivity index (χ2v) is 6.94. The first-order valence-electron chi connectivity index (χ1n) is 6.90. The first-order valence-corrected chi connectivity index (χ1v) is 8.34. The van der Waals surface area contributed by atoms with Gasteiger partial charge in [0.15, 0.2) is 0 Å². The number of nitrogen functional groups attached to an aromatic ring is 1. The summed E-state index contributed by atoms with van der Waals surface area (Å²) in [5.74, 6) is 0.179. The van der Waals surface area contributed by atoms with Gasteiger partial charge in [0, 0.05) is 24.8 Å². The minimum Gasteiger partial charge on any atom is -0.395 e. The van der Waals surface area contributed by atoms with Crippen molar-refractivity contribution in [3.63, 3.8) is 0 Å². The van der Waals surface area contributed by atoms with Crippen molar-refractivity contribution in [3.8, 4) is 0 Å². The minimum absolute atomic E-state index is 0.0321. The summed E-state index contributed by atoms with van der Waals surface area (Å²) in [6.45, 7) is -0.0640. The maximum atomic E-state index is 12.7. The molecule has 1 fully saturated rings. The second-order valence-electron chi connectivity index (χ2n) is 5.05. The van der Waals surface area contributed by atoms with Gasteiger partial charge in [-0.3, -0.25) is 0 Å². The number of pyridine rings is 1. The molecular weight excluding hydrogens is 278 g/mol. The minimum atomic E-state index is -3.63. The van der Waals surface area contributed by atoms with E-state index in [0.717, 1.165) is 32.1 Å². The van der Waals surface area contributed by atoms with Crippen LogP contribution in [0.1, 0.15) is 32.1 Å². The molecule has 0 unspecified atom stereocenters. The van der Waals surface area contributed by atoms with Crippen molar-refractivity contribution in [3.05, 3.63) is 18.3 Å². The Labute approximate surface area is 119 Å². The van der Waals surface area contributed by atoms with Gasteiger partial charge < -0.3 is 10.8 Å². The van der Waals surface area contributed by atoms with Crippen molar-refractivity contribution in [1.29, 1.82) is 0 Å². The largest absolute Gasteiger partial charge is 0.395 e. The number of hydrogen-bond acceptors (Lipinski definition) is 5. The molecule has 0 spiro atoms. The van der Waals surface area contributed by atoms with Crippen molar-refractivity contribution in [2.45, 2.75) is 43.0 Å². The molecule has 1 heterocycles. The first kappa shape index (κ1) is 15.2. The van der Waals surface area contributed by atoms with E-state index in [1.165, 1.54) is 22.6 Å². The first-order chi connectivity index (χ1) is 9.55. The van der Waals surface area contributed by atoms with Gasteiger partial charge in [-0.05, 0) is 18.9 Å². The molecule has 20 heavy (non-hydrogen) atoms. The van der Waals surface area contributed by atoms with Gasteiger partial charge in [0.2, 0.25) is 10.0 Å². The Bertz CT molecular complexity index is 542. The molecule has 0 aliphatic heterocycles. The van der Waals surface area contributed by atoms with Crippen LogP contribution < -0.4 is 5.73 Å². The lowest BCUT2D eigenvalue weighted by atomic mass is 9.95. The van der Waals surface area contributed by atoms with Crippen LogP contribution in [-0.4, -0.2) is 42.0 Å². The summed E-state index contributed by atoms with van der Waals surface area (Å²) in [5, 5.41) is 9.19. The van der Waals surface area contributed by atoms with E-state index in [2.05, 4.69) is 4.98 Å². The van der Waals surface area contributed by atoms with E-state index >= 15 is 0 Å². The number of anilines is 1. The van der Waals surface area contributed by atoms with Crippen LogP contribution in [0.2, 0.25) is 0 Å². The fourth-order valence-electron chi connectivity index (χ4n) is 2.69. The van der Waals surface area contributed by atoms with Crippen LogP contribution in [0.4, 0.5) is 5.82 Å². The molecule has 2 rings (SSSR count). The highest BCUT2D eigenvalue weighted by Gasteiger charge is 2.32. The van der Waals surface area contributed by atoms with E-state index in [0.29, 0.717) is 0 Å². The molecule has 0 aromatic carbocycles. The van der Waals surface area contributed by atoms with Gasteiger partial charge in [-0.25, -0.2) is 13.4 Å². The molecule has 3 N–H and O–H groups in total. The van der Waals surface area contributed by atoms with Crippen LogP contribution in [0.25, 0.3) is 0 Å². The average molecular weight is 299 g/mol. The SMILES string of the molecule is Nc1cc(S(=O)(=O)N(CCO)C2CCCCC2)ccn1. The highest BCUT2D eigenvalue weighted by Crippen LogP contribution is 2.27. The number of nitrogens with two attached hydrogens (primary N) is 1. The maximum Gasteiger partial charge on any atom is 0.243 e. The molecule has 112 valence electrons. The quantitative estimate of drug-likeness (QED) is 0.845. The number of rotatable bonds is 5. The third kappa shape index (κ3) is 3.28. The topological polar surface area (TPSA) is 96.5 Å². The van der Waals surface area contributed by atoms with E-state index in [4.69, 9.17) is 5.73 Å². The van der Waals surface area contributed by atoms with Crippen LogP contribution in [0, 0.1) is 0 Å². The van der Waals surface area contributed by atoms with Crippen molar-refractivity contribution in [2.24, 2.45) is 0 Å². The number of hydrogen-bond donors (Lipinski definition) is 2. The molecule has 0 atom stereocenters. The van der Waals surface area contributed by atoms with Gasteiger partial charge in [-0.1, -0.05) is 19.3 Å². The molecule has 7 heteroatoms. The molecular formula is C13H21N3O3S. The van der Waals surface area contributed by atoms with Crippen molar-refractivity contribution in [2.75, 3.05) is 18.9 Å². The summed E-state index contributed by atoms with van der Waals surface area (Å²) in [6.07, 6.45) is 6.28. The van der Waals surface area contributed by atoms with E-state index in [1.54, 1.807) is 0 Å². The fourth-order valence-corrected chi connectivity index (χ4v) is 4.39. The van der Waals surface area contributed by atoms with Gasteiger partial charge in [-0.15, -0.1) is 0 Å². The number of aromatic nitrogens is 1. The Morgan fingerprint density at radius 1 is 1.35 bits per heavy atom. The van der Waals surface area contributed by atoms with Crippen LogP contribution >= 0.6 is 0 Å². The molecule has 6 nitrogen and oxygen atoms in total. The Balaban J connectivity index is 2.31. The van der Waals surface area contributed by atoms with Crippen molar-refractivity contribution >= 4 is 15.8 Å². The summed E-state index contributed by atoms with van der Waals surface area (Å²) in [7, 11) is -3.63. The van der Waals surface area contributed by atoms with E-state index < -0.39 is 10.0 Å².